The molecule has 80 valence electrons. The molecule has 5 heteroatoms. The van der Waals surface area contributed by atoms with Crippen LogP contribution < -0.4 is 0 Å². The van der Waals surface area contributed by atoms with Crippen LogP contribution in [-0.4, -0.2) is 12.6 Å². The molecule has 2 rings (SSSR count). The summed E-state index contributed by atoms with van der Waals surface area (Å²) in [6.07, 6.45) is 2.93. The van der Waals surface area contributed by atoms with Crippen molar-refractivity contribution < 1.29 is 13.9 Å². The summed E-state index contributed by atoms with van der Waals surface area (Å²) in [4.78, 5) is 14.7. The Hall–Kier alpha value is -2.35. The van der Waals surface area contributed by atoms with Gasteiger partial charge in [0.25, 0.3) is 0 Å². The molecule has 1 aliphatic heterocycles. The molecule has 2 aliphatic rings. The van der Waals surface area contributed by atoms with Crippen LogP contribution in [-0.2, 0) is 4.74 Å². The number of nitrogens with zero attached hydrogens (tertiary/aromatic N) is 2. The fourth-order valence-electron chi connectivity index (χ4n) is 1.55. The van der Waals surface area contributed by atoms with Gasteiger partial charge in [0.15, 0.2) is 10.5 Å². The van der Waals surface area contributed by atoms with E-state index in [0.717, 1.165) is 0 Å². The van der Waals surface area contributed by atoms with Crippen LogP contribution in [0.1, 0.15) is 17.3 Å². The molecule has 0 unspecified atom stereocenters. The first kappa shape index (κ1) is 10.2. The van der Waals surface area contributed by atoms with Crippen molar-refractivity contribution in [2.75, 3.05) is 6.61 Å². The van der Waals surface area contributed by atoms with Crippen molar-refractivity contribution in [1.82, 2.24) is 0 Å². The molecule has 1 heterocycles. The summed E-state index contributed by atoms with van der Waals surface area (Å²) in [6, 6.07) is 3.21. The summed E-state index contributed by atoms with van der Waals surface area (Å²) in [5, 5.41) is 8.91. The number of ether oxygens (including phenoxy) is 1. The van der Waals surface area contributed by atoms with Gasteiger partial charge < -0.3 is 9.15 Å². The number of rotatable bonds is 2. The third-order valence-electron chi connectivity index (χ3n) is 2.22. The molecular formula is C11H9N2O3+. The van der Waals surface area contributed by atoms with E-state index in [0.29, 0.717) is 11.1 Å². The standard InChI is InChI=1S/C11H9N2O3/c1-2-16-11(14)9-5-7-6-15-4-3-8(7)10(9)13-12/h3-6H,2H2,1H3/q+1. The molecule has 1 aliphatic carbocycles. The minimum Gasteiger partial charge on any atom is -0.472 e. The van der Waals surface area contributed by atoms with Gasteiger partial charge in [0.05, 0.1) is 24.7 Å². The molecular weight excluding hydrogens is 208 g/mol. The van der Waals surface area contributed by atoms with Crippen LogP contribution in [0, 0.1) is 5.39 Å². The zero-order valence-corrected chi connectivity index (χ0v) is 8.64. The molecule has 0 bridgehead atoms. The summed E-state index contributed by atoms with van der Waals surface area (Å²) < 4.78 is 9.83. The van der Waals surface area contributed by atoms with Gasteiger partial charge >= 0.3 is 11.7 Å². The molecule has 0 aromatic rings. The first-order valence-electron chi connectivity index (χ1n) is 4.79. The van der Waals surface area contributed by atoms with Crippen LogP contribution in [0.5, 0.6) is 0 Å². The number of hydrogen-bond donors (Lipinski definition) is 0. The largest absolute Gasteiger partial charge is 0.472 e. The van der Waals surface area contributed by atoms with Crippen molar-refractivity contribution in [3.8, 4) is 11.1 Å². The lowest BCUT2D eigenvalue weighted by atomic mass is 10.2. The Labute approximate surface area is 91.6 Å². The number of diazo groups is 1. The molecule has 0 N–H and O–H groups in total. The number of hydrogen-bond acceptors (Lipinski definition) is 4. The highest BCUT2D eigenvalue weighted by Gasteiger charge is 2.31. The molecule has 0 radical (unpaired) electrons. The van der Waals surface area contributed by atoms with Gasteiger partial charge in [0, 0.05) is 5.56 Å². The van der Waals surface area contributed by atoms with Crippen molar-refractivity contribution in [3.63, 3.8) is 0 Å². The second kappa shape index (κ2) is 4.03. The average Bonchev–Trinajstić information content (AvgIpc) is 2.67. The predicted octanol–water partition coefficient (Wildman–Crippen LogP) is 3.05. The van der Waals surface area contributed by atoms with Gasteiger partial charge in [-0.05, 0) is 19.1 Å². The minimum absolute atomic E-state index is 0.212. The lowest BCUT2D eigenvalue weighted by molar-refractivity contribution is 0.0528. The predicted molar refractivity (Wildman–Crippen MR) is 56.0 cm³/mol. The molecule has 16 heavy (non-hydrogen) atoms. The molecule has 5 nitrogen and oxygen atoms in total. The van der Waals surface area contributed by atoms with Gasteiger partial charge in [-0.2, -0.15) is 0 Å². The summed E-state index contributed by atoms with van der Waals surface area (Å²) in [7, 11) is 0. The van der Waals surface area contributed by atoms with E-state index in [-0.39, 0.29) is 17.9 Å². The van der Waals surface area contributed by atoms with E-state index in [1.807, 2.05) is 0 Å². The Kier molecular flexibility index (Phi) is 2.56. The van der Waals surface area contributed by atoms with Gasteiger partial charge in [-0.3, -0.25) is 0 Å². The Morgan fingerprint density at radius 1 is 1.62 bits per heavy atom. The maximum atomic E-state index is 11.6. The fourth-order valence-corrected chi connectivity index (χ4v) is 1.55. The van der Waals surface area contributed by atoms with Gasteiger partial charge in [0.1, 0.15) is 0 Å². The van der Waals surface area contributed by atoms with Crippen molar-refractivity contribution in [1.29, 1.82) is 5.39 Å². The molecule has 0 aromatic carbocycles. The lowest BCUT2D eigenvalue weighted by Crippen LogP contribution is -2.02. The van der Waals surface area contributed by atoms with Crippen molar-refractivity contribution in [2.45, 2.75) is 6.92 Å². The number of carbonyl (C=O) groups is 1. The third kappa shape index (κ3) is 1.50. The SMILES string of the molecule is CCOC(=O)c1cc2coccc-2c1[N+]#N. The van der Waals surface area contributed by atoms with Crippen LogP contribution in [0.3, 0.4) is 0 Å². The van der Waals surface area contributed by atoms with E-state index in [9.17, 15) is 4.79 Å². The average molecular weight is 217 g/mol. The second-order valence-electron chi connectivity index (χ2n) is 3.15. The minimum atomic E-state index is -0.508. The molecule has 0 saturated heterocycles. The number of fused-ring (bicyclic) bond motifs is 1. The van der Waals surface area contributed by atoms with E-state index in [1.165, 1.54) is 12.5 Å². The Bertz CT molecular complexity index is 539. The highest BCUT2D eigenvalue weighted by atomic mass is 16.5. The number of carbonyl (C=O) groups excluding carboxylic acids is 1. The maximum absolute atomic E-state index is 11.6. The molecule has 0 fully saturated rings. The summed E-state index contributed by atoms with van der Waals surface area (Å²) in [6.45, 7) is 1.99. The summed E-state index contributed by atoms with van der Waals surface area (Å²) >= 11 is 0. The fraction of sp³-hybridized carbons (Fsp3) is 0.182. The molecule has 0 saturated carbocycles. The van der Waals surface area contributed by atoms with E-state index in [1.54, 1.807) is 19.1 Å². The third-order valence-corrected chi connectivity index (χ3v) is 2.22. The van der Waals surface area contributed by atoms with Crippen molar-refractivity contribution in [2.24, 2.45) is 0 Å². The van der Waals surface area contributed by atoms with Crippen LogP contribution in [0.4, 0.5) is 5.69 Å². The van der Waals surface area contributed by atoms with Crippen LogP contribution in [0.15, 0.2) is 29.1 Å². The second-order valence-corrected chi connectivity index (χ2v) is 3.15. The van der Waals surface area contributed by atoms with Crippen LogP contribution in [0.25, 0.3) is 16.1 Å². The van der Waals surface area contributed by atoms with Crippen molar-refractivity contribution >= 4 is 11.7 Å². The summed E-state index contributed by atoms with van der Waals surface area (Å²) in [5.41, 5.74) is 1.79. The van der Waals surface area contributed by atoms with Crippen LogP contribution in [0.2, 0.25) is 0 Å². The molecule has 0 aromatic heterocycles. The van der Waals surface area contributed by atoms with E-state index in [2.05, 4.69) is 4.98 Å². The van der Waals surface area contributed by atoms with Crippen molar-refractivity contribution in [3.05, 3.63) is 35.2 Å². The van der Waals surface area contributed by atoms with Gasteiger partial charge in [-0.25, -0.2) is 4.79 Å². The van der Waals surface area contributed by atoms with Gasteiger partial charge in [0.2, 0.25) is 5.39 Å². The molecule has 0 spiro atoms. The highest BCUT2D eigenvalue weighted by Crippen LogP contribution is 2.38. The maximum Gasteiger partial charge on any atom is 0.407 e. The monoisotopic (exact) mass is 217 g/mol. The van der Waals surface area contributed by atoms with Gasteiger partial charge in [-0.15, -0.1) is 0 Å². The van der Waals surface area contributed by atoms with E-state index < -0.39 is 5.97 Å². The highest BCUT2D eigenvalue weighted by molar-refractivity contribution is 6.03. The first-order valence-corrected chi connectivity index (χ1v) is 4.79. The van der Waals surface area contributed by atoms with E-state index in [4.69, 9.17) is 14.5 Å². The lowest BCUT2D eigenvalue weighted by Gasteiger charge is -1.94. The molecule has 0 amide bonds. The van der Waals surface area contributed by atoms with E-state index >= 15 is 0 Å². The van der Waals surface area contributed by atoms with Crippen LogP contribution >= 0.6 is 0 Å². The number of esters is 1. The topological polar surface area (TPSA) is 67.6 Å². The Balaban J connectivity index is 2.58. The zero-order valence-electron chi connectivity index (χ0n) is 8.64. The first-order chi connectivity index (χ1) is 7.77. The summed E-state index contributed by atoms with van der Waals surface area (Å²) in [5.74, 6) is -0.508. The normalized spacial score (nSPS) is 10.0. The Morgan fingerprint density at radius 3 is 3.12 bits per heavy atom. The molecule has 0 atom stereocenters. The smallest absolute Gasteiger partial charge is 0.407 e. The quantitative estimate of drug-likeness (QED) is 0.572. The Morgan fingerprint density at radius 2 is 2.44 bits per heavy atom. The zero-order chi connectivity index (χ0) is 11.5. The van der Waals surface area contributed by atoms with Gasteiger partial charge in [-0.1, -0.05) is 0 Å².